The van der Waals surface area contributed by atoms with Gasteiger partial charge in [0.2, 0.25) is 0 Å². The van der Waals surface area contributed by atoms with E-state index >= 15 is 0 Å². The summed E-state index contributed by atoms with van der Waals surface area (Å²) < 4.78 is 17.3. The number of hydrogen-bond donors (Lipinski definition) is 2. The number of carbonyl (C=O) groups is 4. The second kappa shape index (κ2) is 7.87. The molecule has 4 fully saturated rings. The molecule has 0 heterocycles. The molecular formula is C26H36O9. The van der Waals surface area contributed by atoms with Gasteiger partial charge >= 0.3 is 17.9 Å². The van der Waals surface area contributed by atoms with Crippen LogP contribution < -0.4 is 0 Å². The lowest BCUT2D eigenvalue weighted by molar-refractivity contribution is -0.296. The Kier molecular flexibility index (Phi) is 5.80. The van der Waals surface area contributed by atoms with Crippen molar-refractivity contribution in [2.24, 2.45) is 28.1 Å². The molecule has 1 spiro atoms. The van der Waals surface area contributed by atoms with Gasteiger partial charge in [0, 0.05) is 44.1 Å². The Bertz CT molecular complexity index is 1000. The van der Waals surface area contributed by atoms with Gasteiger partial charge < -0.3 is 24.4 Å². The number of hydrogen-bond acceptors (Lipinski definition) is 9. The summed E-state index contributed by atoms with van der Waals surface area (Å²) in [6, 6.07) is 0. The maximum atomic E-state index is 14.0. The number of aliphatic hydroxyl groups is 2. The maximum Gasteiger partial charge on any atom is 0.302 e. The molecule has 2 bridgehead atoms. The Morgan fingerprint density at radius 2 is 1.51 bits per heavy atom. The molecule has 4 aliphatic rings. The quantitative estimate of drug-likeness (QED) is 0.344. The number of ether oxygens (including phenoxy) is 3. The van der Waals surface area contributed by atoms with Crippen molar-refractivity contribution in [1.82, 2.24) is 0 Å². The van der Waals surface area contributed by atoms with Crippen molar-refractivity contribution in [3.05, 3.63) is 12.2 Å². The van der Waals surface area contributed by atoms with Gasteiger partial charge in [-0.15, -0.1) is 0 Å². The van der Waals surface area contributed by atoms with Crippen molar-refractivity contribution in [3.63, 3.8) is 0 Å². The summed E-state index contributed by atoms with van der Waals surface area (Å²) in [6.45, 7) is 13.7. The summed E-state index contributed by atoms with van der Waals surface area (Å²) in [6.07, 6.45) is -3.21. The van der Waals surface area contributed by atoms with E-state index in [-0.39, 0.29) is 29.7 Å². The largest absolute Gasteiger partial charge is 0.462 e. The first kappa shape index (κ1) is 25.8. The van der Waals surface area contributed by atoms with Gasteiger partial charge in [-0.2, -0.15) is 0 Å². The van der Waals surface area contributed by atoms with Gasteiger partial charge in [0.05, 0.1) is 0 Å². The second-order valence-corrected chi connectivity index (χ2v) is 11.8. The fraction of sp³-hybridized carbons (Fsp3) is 0.769. The number of ketones is 1. The highest BCUT2D eigenvalue weighted by Crippen LogP contribution is 2.72. The van der Waals surface area contributed by atoms with Crippen LogP contribution in [0.15, 0.2) is 12.2 Å². The summed E-state index contributed by atoms with van der Waals surface area (Å²) in [5, 5.41) is 23.2. The molecule has 4 rings (SSSR count). The Hall–Kier alpha value is -2.26. The Morgan fingerprint density at radius 1 is 0.971 bits per heavy atom. The molecule has 35 heavy (non-hydrogen) atoms. The monoisotopic (exact) mass is 492 g/mol. The van der Waals surface area contributed by atoms with Crippen molar-refractivity contribution < 1.29 is 43.6 Å². The Balaban J connectivity index is 2.04. The van der Waals surface area contributed by atoms with Crippen LogP contribution in [0.1, 0.15) is 67.2 Å². The minimum absolute atomic E-state index is 0.192. The topological polar surface area (TPSA) is 136 Å². The van der Waals surface area contributed by atoms with Crippen LogP contribution in [0.2, 0.25) is 0 Å². The van der Waals surface area contributed by atoms with Crippen LogP contribution in [0.25, 0.3) is 0 Å². The molecule has 0 saturated heterocycles. The summed E-state index contributed by atoms with van der Waals surface area (Å²) >= 11 is 0. The zero-order valence-electron chi connectivity index (χ0n) is 21.3. The Labute approximate surface area is 205 Å². The molecule has 0 aliphatic heterocycles. The highest BCUT2D eigenvalue weighted by Gasteiger charge is 2.82. The van der Waals surface area contributed by atoms with E-state index in [2.05, 4.69) is 20.4 Å². The molecule has 0 aromatic carbocycles. The minimum atomic E-state index is -2.05. The molecule has 0 aromatic rings. The summed E-state index contributed by atoms with van der Waals surface area (Å²) in [5.74, 6) is -3.48. The van der Waals surface area contributed by atoms with E-state index < -0.39 is 70.5 Å². The van der Waals surface area contributed by atoms with Crippen LogP contribution in [-0.4, -0.2) is 63.9 Å². The van der Waals surface area contributed by atoms with Crippen molar-refractivity contribution in [2.75, 3.05) is 0 Å². The van der Waals surface area contributed by atoms with Gasteiger partial charge in [0.25, 0.3) is 0 Å². The van der Waals surface area contributed by atoms with Crippen LogP contribution in [0.5, 0.6) is 0 Å². The van der Waals surface area contributed by atoms with E-state index in [9.17, 15) is 29.4 Å². The van der Waals surface area contributed by atoms with E-state index in [4.69, 9.17) is 14.2 Å². The average Bonchev–Trinajstić information content (AvgIpc) is 2.80. The highest BCUT2D eigenvalue weighted by molar-refractivity contribution is 6.06. The molecule has 2 N–H and O–H groups in total. The minimum Gasteiger partial charge on any atom is -0.462 e. The van der Waals surface area contributed by atoms with Crippen LogP contribution in [0.4, 0.5) is 0 Å². The molecular weight excluding hydrogens is 456 g/mol. The molecule has 4 aliphatic carbocycles. The smallest absolute Gasteiger partial charge is 0.302 e. The van der Waals surface area contributed by atoms with E-state index in [1.165, 1.54) is 20.8 Å². The molecule has 4 saturated carbocycles. The average molecular weight is 493 g/mol. The molecule has 9 atom stereocenters. The van der Waals surface area contributed by atoms with Gasteiger partial charge in [0.15, 0.2) is 5.78 Å². The van der Waals surface area contributed by atoms with E-state index in [0.29, 0.717) is 12.8 Å². The lowest BCUT2D eigenvalue weighted by atomic mass is 9.38. The van der Waals surface area contributed by atoms with Gasteiger partial charge in [0.1, 0.15) is 35.4 Å². The van der Waals surface area contributed by atoms with Crippen molar-refractivity contribution in [3.8, 4) is 0 Å². The van der Waals surface area contributed by atoms with Crippen LogP contribution in [0, 0.1) is 28.1 Å². The SMILES string of the molecule is C=C1C(=O)C23C(OC(C)=O)CC4C(C)(C)CCC(OC(C)=O)C4(C)C2C(OC(C)=O)CC1(O)C3O. The number of Topliss-reactive ketones (excluding diaryl/α,β-unsaturated/α-hetero) is 1. The van der Waals surface area contributed by atoms with E-state index in [0.717, 1.165) is 0 Å². The lowest BCUT2D eigenvalue weighted by Gasteiger charge is -2.68. The first-order chi connectivity index (χ1) is 16.0. The fourth-order valence-corrected chi connectivity index (χ4v) is 8.37. The highest BCUT2D eigenvalue weighted by atomic mass is 16.6. The normalized spacial score (nSPS) is 45.7. The fourth-order valence-electron chi connectivity index (χ4n) is 8.37. The number of esters is 3. The predicted octanol–water partition coefficient (Wildman–Crippen LogP) is 1.86. The zero-order valence-corrected chi connectivity index (χ0v) is 21.3. The zero-order chi connectivity index (χ0) is 26.3. The lowest BCUT2D eigenvalue weighted by Crippen LogP contribution is -2.75. The van der Waals surface area contributed by atoms with Crippen molar-refractivity contribution in [2.45, 2.75) is 97.2 Å². The first-order valence-corrected chi connectivity index (χ1v) is 12.2. The molecule has 194 valence electrons. The third-order valence-corrected chi connectivity index (χ3v) is 9.52. The number of rotatable bonds is 3. The van der Waals surface area contributed by atoms with Crippen molar-refractivity contribution >= 4 is 23.7 Å². The van der Waals surface area contributed by atoms with E-state index in [1.54, 1.807) is 0 Å². The second-order valence-electron chi connectivity index (χ2n) is 11.8. The predicted molar refractivity (Wildman–Crippen MR) is 122 cm³/mol. The number of carbonyl (C=O) groups excluding carboxylic acids is 4. The molecule has 0 amide bonds. The maximum absolute atomic E-state index is 14.0. The number of fused-ring (bicyclic) bond motifs is 3. The van der Waals surface area contributed by atoms with Gasteiger partial charge in [-0.05, 0) is 30.6 Å². The third kappa shape index (κ3) is 3.26. The summed E-state index contributed by atoms with van der Waals surface area (Å²) in [5.41, 5.74) is -5.32. The van der Waals surface area contributed by atoms with Crippen molar-refractivity contribution in [1.29, 1.82) is 0 Å². The van der Waals surface area contributed by atoms with Crippen LogP contribution in [-0.2, 0) is 33.4 Å². The first-order valence-electron chi connectivity index (χ1n) is 12.2. The molecule has 0 aromatic heterocycles. The summed E-state index contributed by atoms with van der Waals surface area (Å²) in [4.78, 5) is 50.7. The number of aliphatic hydroxyl groups excluding tert-OH is 1. The molecule has 0 radical (unpaired) electrons. The van der Waals surface area contributed by atoms with Crippen LogP contribution in [0.3, 0.4) is 0 Å². The Morgan fingerprint density at radius 3 is 2.06 bits per heavy atom. The molecule has 9 nitrogen and oxygen atoms in total. The van der Waals surface area contributed by atoms with Gasteiger partial charge in [-0.25, -0.2) is 0 Å². The molecule has 9 heteroatoms. The standard InChI is InChI=1S/C26H36O9/c1-12-21(30)26-19(35-15(4)29)10-17-23(5,6)9-8-18(34-14(3)28)24(17,7)20(26)16(33-13(2)27)11-25(12,32)22(26)31/h16-20,22,31-32H,1,8-11H2,2-7H3. The third-order valence-electron chi connectivity index (χ3n) is 9.52. The van der Waals surface area contributed by atoms with Gasteiger partial charge in [-0.1, -0.05) is 27.4 Å². The van der Waals surface area contributed by atoms with Gasteiger partial charge in [-0.3, -0.25) is 19.2 Å². The van der Waals surface area contributed by atoms with Crippen LogP contribution >= 0.6 is 0 Å². The molecule has 9 unspecified atom stereocenters. The summed E-state index contributed by atoms with van der Waals surface area (Å²) in [7, 11) is 0. The van der Waals surface area contributed by atoms with E-state index in [1.807, 2.05) is 6.92 Å².